The summed E-state index contributed by atoms with van der Waals surface area (Å²) in [6, 6.07) is 3.85. The van der Waals surface area contributed by atoms with E-state index in [1.807, 2.05) is 17.8 Å². The van der Waals surface area contributed by atoms with Crippen molar-refractivity contribution in [3.05, 3.63) is 23.4 Å². The number of rotatable bonds is 5. The third-order valence-electron chi connectivity index (χ3n) is 3.35. The van der Waals surface area contributed by atoms with E-state index in [0.29, 0.717) is 17.4 Å². The number of nitrogen functional groups attached to an aromatic ring is 1. The number of nitrogens with one attached hydrogen (secondary N) is 2. The first kappa shape index (κ1) is 15.1. The molecule has 1 saturated heterocycles. The van der Waals surface area contributed by atoms with Crippen molar-refractivity contribution in [1.29, 1.82) is 0 Å². The summed E-state index contributed by atoms with van der Waals surface area (Å²) in [6.07, 6.45) is 3.93. The lowest BCUT2D eigenvalue weighted by Gasteiger charge is -2.22. The molecule has 0 aliphatic carbocycles. The first-order chi connectivity index (χ1) is 9.72. The molecule has 1 amide bonds. The maximum absolute atomic E-state index is 12.3. The number of carbonyl (C=O) groups excluding carboxylic acids is 1. The van der Waals surface area contributed by atoms with E-state index in [1.165, 1.54) is 0 Å². The zero-order valence-electron chi connectivity index (χ0n) is 11.8. The van der Waals surface area contributed by atoms with Crippen LogP contribution >= 0.6 is 11.8 Å². The van der Waals surface area contributed by atoms with E-state index in [2.05, 4.69) is 22.7 Å². The predicted octanol–water partition coefficient (Wildman–Crippen LogP) is 1.95. The number of nitrogens with zero attached hydrogens (tertiary/aromatic N) is 1. The van der Waals surface area contributed by atoms with Crippen LogP contribution in [0.25, 0.3) is 0 Å². The summed E-state index contributed by atoms with van der Waals surface area (Å²) in [6.45, 7) is 2.09. The second kappa shape index (κ2) is 7.50. The topological polar surface area (TPSA) is 80.0 Å². The van der Waals surface area contributed by atoms with Crippen LogP contribution < -0.4 is 16.6 Å². The van der Waals surface area contributed by atoms with Crippen LogP contribution in [0.2, 0.25) is 0 Å². The molecule has 0 atom stereocenters. The van der Waals surface area contributed by atoms with Crippen LogP contribution in [-0.2, 0) is 6.42 Å². The van der Waals surface area contributed by atoms with E-state index in [0.717, 1.165) is 42.9 Å². The van der Waals surface area contributed by atoms with Crippen LogP contribution in [0.5, 0.6) is 0 Å². The molecule has 1 aromatic rings. The molecule has 4 N–H and O–H groups in total. The number of pyridine rings is 1. The molecule has 1 aromatic heterocycles. The van der Waals surface area contributed by atoms with Gasteiger partial charge in [0, 0.05) is 17.3 Å². The number of hydrogen-bond donors (Lipinski definition) is 3. The monoisotopic (exact) mass is 294 g/mol. The van der Waals surface area contributed by atoms with E-state index in [9.17, 15) is 4.79 Å². The molecule has 2 heterocycles. The van der Waals surface area contributed by atoms with E-state index in [-0.39, 0.29) is 5.91 Å². The van der Waals surface area contributed by atoms with Crippen molar-refractivity contribution in [1.82, 2.24) is 10.3 Å². The first-order valence-electron chi connectivity index (χ1n) is 7.09. The van der Waals surface area contributed by atoms with Crippen LogP contribution in [0.15, 0.2) is 12.1 Å². The number of hydrazine groups is 1. The number of carbonyl (C=O) groups is 1. The van der Waals surface area contributed by atoms with Gasteiger partial charge in [-0.3, -0.25) is 4.79 Å². The van der Waals surface area contributed by atoms with Gasteiger partial charge >= 0.3 is 0 Å². The molecule has 0 saturated carbocycles. The molecule has 1 aliphatic rings. The molecule has 1 aliphatic heterocycles. The molecule has 0 radical (unpaired) electrons. The highest BCUT2D eigenvalue weighted by atomic mass is 32.2. The number of hydrogen-bond acceptors (Lipinski definition) is 5. The highest BCUT2D eigenvalue weighted by molar-refractivity contribution is 7.99. The maximum atomic E-state index is 12.3. The Labute approximate surface area is 124 Å². The van der Waals surface area contributed by atoms with Gasteiger partial charge in [0.15, 0.2) is 0 Å². The lowest BCUT2D eigenvalue weighted by atomic mass is 10.1. The molecule has 0 unspecified atom stereocenters. The summed E-state index contributed by atoms with van der Waals surface area (Å²) in [5, 5.41) is 3.11. The Morgan fingerprint density at radius 3 is 2.85 bits per heavy atom. The smallest absolute Gasteiger partial charge is 0.251 e. The molecule has 5 nitrogen and oxygen atoms in total. The Balaban J connectivity index is 2.09. The molecule has 0 bridgehead atoms. The number of aromatic nitrogens is 1. The summed E-state index contributed by atoms with van der Waals surface area (Å²) in [5.41, 5.74) is 4.06. The van der Waals surface area contributed by atoms with Gasteiger partial charge in [-0.05, 0) is 42.9 Å². The molecular weight excluding hydrogens is 272 g/mol. The Morgan fingerprint density at radius 2 is 2.20 bits per heavy atom. The average Bonchev–Trinajstić information content (AvgIpc) is 2.48. The van der Waals surface area contributed by atoms with E-state index in [4.69, 9.17) is 5.84 Å². The molecular formula is C14H22N4OS. The highest BCUT2D eigenvalue weighted by Gasteiger charge is 2.17. The molecule has 2 rings (SSSR count). The Bertz CT molecular complexity index is 460. The van der Waals surface area contributed by atoms with Gasteiger partial charge in [0.05, 0.1) is 0 Å². The van der Waals surface area contributed by atoms with Crippen molar-refractivity contribution in [2.45, 2.75) is 38.6 Å². The van der Waals surface area contributed by atoms with Gasteiger partial charge in [-0.15, -0.1) is 0 Å². The highest BCUT2D eigenvalue weighted by Crippen LogP contribution is 2.18. The van der Waals surface area contributed by atoms with E-state index < -0.39 is 0 Å². The van der Waals surface area contributed by atoms with Crippen molar-refractivity contribution < 1.29 is 4.79 Å². The van der Waals surface area contributed by atoms with Crippen molar-refractivity contribution in [2.75, 3.05) is 16.9 Å². The van der Waals surface area contributed by atoms with Gasteiger partial charge in [-0.25, -0.2) is 10.8 Å². The van der Waals surface area contributed by atoms with Crippen molar-refractivity contribution in [2.24, 2.45) is 5.84 Å². The second-order valence-corrected chi connectivity index (χ2v) is 6.21. The van der Waals surface area contributed by atoms with Crippen LogP contribution in [-0.4, -0.2) is 28.4 Å². The van der Waals surface area contributed by atoms with Gasteiger partial charge in [0.25, 0.3) is 5.91 Å². The second-order valence-electron chi connectivity index (χ2n) is 4.99. The van der Waals surface area contributed by atoms with Crippen molar-refractivity contribution in [3.8, 4) is 0 Å². The molecule has 0 spiro atoms. The molecule has 6 heteroatoms. The number of anilines is 1. The Kier molecular flexibility index (Phi) is 5.67. The number of nitrogens with two attached hydrogens (primary N) is 1. The van der Waals surface area contributed by atoms with E-state index >= 15 is 0 Å². The minimum atomic E-state index is -0.0295. The van der Waals surface area contributed by atoms with Gasteiger partial charge in [0.2, 0.25) is 0 Å². The van der Waals surface area contributed by atoms with Crippen LogP contribution in [0.3, 0.4) is 0 Å². The maximum Gasteiger partial charge on any atom is 0.251 e. The van der Waals surface area contributed by atoms with Gasteiger partial charge in [-0.1, -0.05) is 13.3 Å². The molecule has 1 fully saturated rings. The van der Waals surface area contributed by atoms with Gasteiger partial charge < -0.3 is 10.7 Å². The van der Waals surface area contributed by atoms with Crippen molar-refractivity contribution >= 4 is 23.5 Å². The Morgan fingerprint density at radius 1 is 1.45 bits per heavy atom. The lowest BCUT2D eigenvalue weighted by Crippen LogP contribution is -2.37. The number of amides is 1. The quantitative estimate of drug-likeness (QED) is 0.571. The molecule has 20 heavy (non-hydrogen) atoms. The summed E-state index contributed by atoms with van der Waals surface area (Å²) in [4.78, 5) is 16.7. The third kappa shape index (κ3) is 4.11. The SMILES string of the molecule is CCCc1cc(C(=O)NC2CCSCC2)cc(NN)n1. The third-order valence-corrected chi connectivity index (χ3v) is 4.40. The summed E-state index contributed by atoms with van der Waals surface area (Å²) in [5.74, 6) is 8.18. The first-order valence-corrected chi connectivity index (χ1v) is 8.24. The summed E-state index contributed by atoms with van der Waals surface area (Å²) in [7, 11) is 0. The number of aryl methyl sites for hydroxylation is 1. The Hall–Kier alpha value is -1.27. The van der Waals surface area contributed by atoms with Gasteiger partial charge in [-0.2, -0.15) is 11.8 Å². The summed E-state index contributed by atoms with van der Waals surface area (Å²) < 4.78 is 0. The normalized spacial score (nSPS) is 15.9. The van der Waals surface area contributed by atoms with Crippen molar-refractivity contribution in [3.63, 3.8) is 0 Å². The van der Waals surface area contributed by atoms with Crippen LogP contribution in [0.1, 0.15) is 42.2 Å². The van der Waals surface area contributed by atoms with Crippen LogP contribution in [0, 0.1) is 0 Å². The van der Waals surface area contributed by atoms with Gasteiger partial charge in [0.1, 0.15) is 5.82 Å². The minimum absolute atomic E-state index is 0.0295. The molecule has 110 valence electrons. The minimum Gasteiger partial charge on any atom is -0.349 e. The number of thioether (sulfide) groups is 1. The average molecular weight is 294 g/mol. The zero-order valence-corrected chi connectivity index (χ0v) is 12.6. The predicted molar refractivity (Wildman–Crippen MR) is 83.9 cm³/mol. The van der Waals surface area contributed by atoms with E-state index in [1.54, 1.807) is 6.07 Å². The summed E-state index contributed by atoms with van der Waals surface area (Å²) >= 11 is 1.95. The van der Waals surface area contributed by atoms with Crippen LogP contribution in [0.4, 0.5) is 5.82 Å². The fourth-order valence-electron chi connectivity index (χ4n) is 2.29. The standard InChI is InChI=1S/C14H22N4OS/c1-2-3-12-8-10(9-13(16-12)18-15)14(19)17-11-4-6-20-7-5-11/h8-9,11H,2-7,15H2,1H3,(H,16,18)(H,17,19). The lowest BCUT2D eigenvalue weighted by molar-refractivity contribution is 0.0934. The fraction of sp³-hybridized carbons (Fsp3) is 0.571. The fourth-order valence-corrected chi connectivity index (χ4v) is 3.39. The largest absolute Gasteiger partial charge is 0.349 e. The zero-order chi connectivity index (χ0) is 14.4. The molecule has 0 aromatic carbocycles.